The Bertz CT molecular complexity index is 5290. The first-order valence-corrected chi connectivity index (χ1v) is 39.0. The van der Waals surface area contributed by atoms with Crippen LogP contribution in [0.2, 0.25) is 0 Å². The van der Waals surface area contributed by atoms with Gasteiger partial charge >= 0.3 is 24.0 Å². The highest BCUT2D eigenvalue weighted by molar-refractivity contribution is 7.86. The Morgan fingerprint density at radius 3 is 2.07 bits per heavy atom. The zero-order chi connectivity index (χ0) is 79.2. The fourth-order valence-electron chi connectivity index (χ4n) is 13.5. The summed E-state index contributed by atoms with van der Waals surface area (Å²) >= 11 is 0. The number of nitrogens with one attached hydrogen (secondary N) is 4. The number of benzene rings is 5. The minimum atomic E-state index is -5.41. The minimum Gasteiger partial charge on any atom is -0.480 e. The number of aryl methyl sites for hydroxylation is 1. The van der Waals surface area contributed by atoms with Gasteiger partial charge in [-0.05, 0) is 188 Å². The van der Waals surface area contributed by atoms with Crippen molar-refractivity contribution < 1.29 is 86.3 Å². The fraction of sp³-hybridized carbons (Fsp3) is 0.378. The number of unbranched alkanes of at least 4 members (excludes halogenated alkanes) is 2. The summed E-state index contributed by atoms with van der Waals surface area (Å²) in [7, 11) is -13.5. The van der Waals surface area contributed by atoms with Crippen molar-refractivity contribution >= 4 is 116 Å². The van der Waals surface area contributed by atoms with Crippen molar-refractivity contribution in [1.82, 2.24) is 35.9 Å². The molecule has 5 aromatic carbocycles. The second kappa shape index (κ2) is 33.1. The molecule has 0 saturated heterocycles. The van der Waals surface area contributed by atoms with Crippen LogP contribution in [0.5, 0.6) is 0 Å². The summed E-state index contributed by atoms with van der Waals surface area (Å²) in [6.07, 6.45) is 6.27. The van der Waals surface area contributed by atoms with Crippen LogP contribution in [-0.2, 0) is 66.9 Å². The second-order valence-electron chi connectivity index (χ2n) is 27.6. The lowest BCUT2D eigenvalue weighted by molar-refractivity contribution is -0.170. The van der Waals surface area contributed by atoms with E-state index in [9.17, 15) is 91.1 Å². The van der Waals surface area contributed by atoms with Gasteiger partial charge in [-0.2, -0.15) is 43.4 Å². The smallest absolute Gasteiger partial charge is 0.471 e. The fourth-order valence-corrected chi connectivity index (χ4v) is 15.0. The van der Waals surface area contributed by atoms with Gasteiger partial charge in [-0.3, -0.25) is 47.7 Å². The number of hydrogen-bond acceptors (Lipinski definition) is 19. The van der Waals surface area contributed by atoms with Crippen LogP contribution in [0, 0.1) is 6.92 Å². The van der Waals surface area contributed by atoms with Crippen molar-refractivity contribution in [3.8, 4) is 0 Å². The molecule has 3 atom stereocenters. The highest BCUT2D eigenvalue weighted by Crippen LogP contribution is 2.51. The number of halogens is 3. The van der Waals surface area contributed by atoms with E-state index in [1.165, 1.54) is 31.2 Å². The summed E-state index contributed by atoms with van der Waals surface area (Å²) in [5.74, 6) is -7.52. The number of fused-ring (bicyclic) bond motifs is 5. The second-order valence-corrected chi connectivity index (χ2v) is 32.3. The van der Waals surface area contributed by atoms with Gasteiger partial charge in [0.25, 0.3) is 41.8 Å². The van der Waals surface area contributed by atoms with E-state index >= 15 is 0 Å². The maximum atomic E-state index is 13.9. The number of aliphatic carboxylic acids is 2. The van der Waals surface area contributed by atoms with Gasteiger partial charge in [-0.25, -0.2) is 19.6 Å². The summed E-state index contributed by atoms with van der Waals surface area (Å²) in [6, 6.07) is 16.7. The maximum absolute atomic E-state index is 13.9. The van der Waals surface area contributed by atoms with Crippen molar-refractivity contribution in [2.24, 2.45) is 4.99 Å². The number of rotatable bonds is 31. The third kappa shape index (κ3) is 19.2. The largest absolute Gasteiger partial charge is 0.480 e. The summed E-state index contributed by atoms with van der Waals surface area (Å²) in [6.45, 7) is 13.4. The molecule has 7 aromatic rings. The lowest BCUT2D eigenvalue weighted by atomic mass is 9.75. The van der Waals surface area contributed by atoms with Crippen LogP contribution >= 0.6 is 0 Å². The predicted octanol–water partition coefficient (Wildman–Crippen LogP) is 10.3. The SMILES string of the molecule is CCCC/N=C(\C=C\C1=C(NCCCC[C@H](NC(=O)CC[C@H](NC(=O)c2ccc(N(Cc3cnc4nc(N)[nH]c(=O)c4n3)C(=O)C(F)(F)F)cc2)C(=O)O)C(=O)O)C(=C/C=C2/N(CCC(C)S(=O)(=O)O)c3ccc4cc(S(=O)(=O)O)ccc4c3C2(C)C)/CCC1)C(C)(C)c1c(C)ccc2cc(S(=O)(=O)O)ccc12. The number of nitrogens with two attached hydrogens (primary N) is 1. The molecule has 9 rings (SSSR count). The van der Waals surface area contributed by atoms with Gasteiger partial charge in [0.1, 0.15) is 12.1 Å². The zero-order valence-electron chi connectivity index (χ0n) is 60.1. The van der Waals surface area contributed by atoms with E-state index in [0.29, 0.717) is 59.8 Å². The summed E-state index contributed by atoms with van der Waals surface area (Å²) in [4.78, 5) is 98.0. The van der Waals surface area contributed by atoms with Crippen LogP contribution in [0.15, 0.2) is 158 Å². The number of carboxylic acids is 2. The molecule has 3 amide bonds. The third-order valence-corrected chi connectivity index (χ3v) is 22.2. The molecule has 108 heavy (non-hydrogen) atoms. The average molecular weight is 1550 g/mol. The third-order valence-electron chi connectivity index (χ3n) is 19.2. The summed E-state index contributed by atoms with van der Waals surface area (Å²) < 4.78 is 146. The number of nitrogen functional groups attached to an aromatic ring is 1. The first kappa shape index (κ1) is 81.8. The van der Waals surface area contributed by atoms with E-state index in [-0.39, 0.29) is 81.1 Å². The van der Waals surface area contributed by atoms with Crippen LogP contribution in [0.1, 0.15) is 145 Å². The van der Waals surface area contributed by atoms with Gasteiger partial charge < -0.3 is 36.8 Å². The molecular formula is C74H84F3N11O17S3. The van der Waals surface area contributed by atoms with Crippen LogP contribution in [-0.4, -0.2) is 148 Å². The van der Waals surface area contributed by atoms with Gasteiger partial charge in [0.2, 0.25) is 11.9 Å². The van der Waals surface area contributed by atoms with Gasteiger partial charge in [0.15, 0.2) is 11.2 Å². The van der Waals surface area contributed by atoms with E-state index in [1.807, 2.05) is 76.8 Å². The Morgan fingerprint density at radius 1 is 0.806 bits per heavy atom. The number of aromatic nitrogens is 4. The minimum absolute atomic E-state index is 0.00881. The lowest BCUT2D eigenvalue weighted by Crippen LogP contribution is -2.44. The molecule has 11 N–H and O–H groups in total. The van der Waals surface area contributed by atoms with Crippen molar-refractivity contribution in [3.05, 3.63) is 176 Å². The number of hydrogen-bond donors (Lipinski definition) is 10. The van der Waals surface area contributed by atoms with Crippen LogP contribution < -0.4 is 37.0 Å². The Balaban J connectivity index is 0.952. The molecule has 0 spiro atoms. The summed E-state index contributed by atoms with van der Waals surface area (Å²) in [5.41, 5.74) is 8.71. The first-order valence-electron chi connectivity index (χ1n) is 34.6. The van der Waals surface area contributed by atoms with Crippen LogP contribution in [0.4, 0.5) is 30.5 Å². The molecule has 2 aromatic heterocycles. The van der Waals surface area contributed by atoms with E-state index in [2.05, 4.69) is 35.9 Å². The molecule has 2 aliphatic rings. The van der Waals surface area contributed by atoms with Crippen molar-refractivity contribution in [1.29, 1.82) is 0 Å². The highest BCUT2D eigenvalue weighted by Gasteiger charge is 2.44. The average Bonchev–Trinajstić information content (AvgIpc) is 1.56. The van der Waals surface area contributed by atoms with Gasteiger partial charge in [0.05, 0.1) is 33.5 Å². The van der Waals surface area contributed by atoms with Gasteiger partial charge in [-0.15, -0.1) is 0 Å². The van der Waals surface area contributed by atoms with Crippen LogP contribution in [0.25, 0.3) is 32.7 Å². The number of H-pyrrole nitrogens is 1. The van der Waals surface area contributed by atoms with Crippen molar-refractivity contribution in [3.63, 3.8) is 0 Å². The highest BCUT2D eigenvalue weighted by atomic mass is 32.2. The number of alkyl halides is 3. The number of aromatic amines is 1. The Morgan fingerprint density at radius 2 is 1.44 bits per heavy atom. The monoisotopic (exact) mass is 1550 g/mol. The topological polar surface area (TPSA) is 441 Å². The molecule has 576 valence electrons. The number of carbonyl (C=O) groups is 5. The Kier molecular flexibility index (Phi) is 25.1. The Hall–Kier alpha value is -10.3. The Labute approximate surface area is 620 Å². The molecular weight excluding hydrogens is 1470 g/mol. The number of amides is 3. The molecule has 34 heteroatoms. The first-order chi connectivity index (χ1) is 50.6. The number of carboxylic acid groups (broad SMARTS) is 2. The molecule has 1 aliphatic carbocycles. The van der Waals surface area contributed by atoms with E-state index < -0.39 is 119 Å². The van der Waals surface area contributed by atoms with E-state index in [4.69, 9.17) is 10.7 Å². The standard InChI is InChI=1S/C74H84F3N11O17S3/c1-8-9-35-79-58(72(4,5)61-42(2)16-17-47-38-51(107(100,101)102)25-27-53(47)61)31-21-44-13-12-14-45(22-32-59-73(6,7)62-54-28-26-52(108(103,104)105)39-48(54)20-30-57(62)87(59)37-34-43(3)106(97,98)99)63(44)80-36-11-10-15-55(68(92)93)83-60(89)33-29-56(69(94)95)84-66(90)46-18-23-50(24-19-46)88(70(96)74(75,76)77)41-49-40-81-65-64(82-49)67(91)86-71(78)85-65/h16-28,30-32,38-40,43,55-56,80H,8-15,29,33-37,41H2,1-7H3,(H,83,89)(H,84,90)(H,92,93)(H,94,95)(H,97,98,99)(H,100,101,102)(H,103,104,105)(H3,78,81,85,86,91)/b31-21+,45-22+,59-32+,79-58+/t43?,55-,56-/m0/s1. The number of carbonyl (C=O) groups excluding carboxylic acids is 3. The predicted molar refractivity (Wildman–Crippen MR) is 400 cm³/mol. The number of aliphatic imine (C=N–C) groups is 1. The lowest BCUT2D eigenvalue weighted by Gasteiger charge is -2.30. The number of nitrogens with zero attached hydrogens (tertiary/aromatic N) is 6. The maximum Gasteiger partial charge on any atom is 0.471 e. The van der Waals surface area contributed by atoms with E-state index in [1.54, 1.807) is 30.3 Å². The van der Waals surface area contributed by atoms with Crippen molar-refractivity contribution in [2.45, 2.75) is 170 Å². The molecule has 0 radical (unpaired) electrons. The number of allylic oxidation sites excluding steroid dienone is 7. The molecule has 3 heterocycles. The normalized spacial score (nSPS) is 16.1. The van der Waals surface area contributed by atoms with Crippen LogP contribution in [0.3, 0.4) is 0 Å². The van der Waals surface area contributed by atoms with E-state index in [0.717, 1.165) is 87.9 Å². The molecule has 1 unspecified atom stereocenters. The van der Waals surface area contributed by atoms with Gasteiger partial charge in [0, 0.05) is 70.9 Å². The van der Waals surface area contributed by atoms with Gasteiger partial charge in [-0.1, -0.05) is 83.5 Å². The quantitative estimate of drug-likeness (QED) is 0.0110. The zero-order valence-corrected chi connectivity index (χ0v) is 62.5. The van der Waals surface area contributed by atoms with Crippen molar-refractivity contribution in [2.75, 3.05) is 35.2 Å². The molecule has 0 saturated carbocycles. The summed E-state index contributed by atoms with van der Waals surface area (Å²) in [5, 5.41) is 30.2. The molecule has 1 aliphatic heterocycles. The molecule has 0 bridgehead atoms. The number of anilines is 3. The molecule has 28 nitrogen and oxygen atoms in total. The molecule has 0 fully saturated rings.